The number of anilines is 1. The van der Waals surface area contributed by atoms with Crippen LogP contribution in [0.4, 0.5) is 5.95 Å². The van der Waals surface area contributed by atoms with Gasteiger partial charge < -0.3 is 19.9 Å². The molecule has 1 aliphatic rings. The number of nitrogens with one attached hydrogen (secondary N) is 1. The predicted octanol–water partition coefficient (Wildman–Crippen LogP) is 3.60. The molecule has 1 amide bonds. The number of hydrogen-bond donors (Lipinski definition) is 1. The van der Waals surface area contributed by atoms with E-state index in [0.717, 1.165) is 36.5 Å². The normalized spacial score (nSPS) is 15.1. The van der Waals surface area contributed by atoms with Crippen LogP contribution in [0.15, 0.2) is 30.5 Å². The number of nitrogens with zero attached hydrogens (tertiary/aromatic N) is 6. The van der Waals surface area contributed by atoms with E-state index in [1.54, 1.807) is 22.7 Å². The number of hydrogen-bond acceptors (Lipinski definition) is 7. The van der Waals surface area contributed by atoms with Crippen molar-refractivity contribution in [1.29, 1.82) is 0 Å². The fraction of sp³-hybridized carbons (Fsp3) is 0.520. The van der Waals surface area contributed by atoms with Gasteiger partial charge in [0.05, 0.1) is 19.3 Å². The number of fused-ring (bicyclic) bond motifs is 1. The average molecular weight is 466 g/mol. The third-order valence-corrected chi connectivity index (χ3v) is 6.45. The van der Waals surface area contributed by atoms with Gasteiger partial charge in [0.2, 0.25) is 11.8 Å². The Kier molecular flexibility index (Phi) is 7.31. The molecular formula is C25H35N7O2. The molecule has 3 heterocycles. The molecule has 1 atom stereocenters. The minimum absolute atomic E-state index is 0.0873. The van der Waals surface area contributed by atoms with E-state index in [1.165, 1.54) is 12.8 Å². The summed E-state index contributed by atoms with van der Waals surface area (Å²) in [6, 6.07) is 7.79. The minimum atomic E-state index is -0.185. The zero-order valence-corrected chi connectivity index (χ0v) is 20.8. The molecule has 0 aliphatic carbocycles. The highest BCUT2D eigenvalue weighted by molar-refractivity contribution is 5.91. The summed E-state index contributed by atoms with van der Waals surface area (Å²) in [7, 11) is 3.47. The van der Waals surface area contributed by atoms with Crippen molar-refractivity contribution >= 4 is 17.5 Å². The standard InChI is InChI=1S/C25H35N7O2/c1-17(2)21-16-26-32-23(21)28-22(24(33)30(4)13-14-31-11-6-7-12-31)29-25(32)27-18(3)19-9-8-10-20(15-19)34-5/h8-10,15-18H,6-7,11-14H2,1-5H3,(H,27,28,29). The van der Waals surface area contributed by atoms with Crippen molar-refractivity contribution in [2.45, 2.75) is 45.6 Å². The van der Waals surface area contributed by atoms with E-state index >= 15 is 0 Å². The second-order valence-corrected chi connectivity index (χ2v) is 9.28. The SMILES string of the molecule is COc1cccc(C(C)Nc2nc(C(=O)N(C)CCN3CCCC3)nc3c(C(C)C)cnn23)c1. The predicted molar refractivity (Wildman–Crippen MR) is 133 cm³/mol. The first-order chi connectivity index (χ1) is 16.4. The van der Waals surface area contributed by atoms with Crippen LogP contribution in [0.5, 0.6) is 5.75 Å². The number of amides is 1. The monoisotopic (exact) mass is 465 g/mol. The van der Waals surface area contributed by atoms with Gasteiger partial charge in [-0.3, -0.25) is 4.79 Å². The number of likely N-dealkylation sites (tertiary alicyclic amines) is 1. The summed E-state index contributed by atoms with van der Waals surface area (Å²) in [6.07, 6.45) is 4.27. The summed E-state index contributed by atoms with van der Waals surface area (Å²) in [4.78, 5) is 26.7. The van der Waals surface area contributed by atoms with Gasteiger partial charge in [-0.25, -0.2) is 4.98 Å². The van der Waals surface area contributed by atoms with Crippen LogP contribution in [0.2, 0.25) is 0 Å². The largest absolute Gasteiger partial charge is 0.497 e. The first-order valence-electron chi connectivity index (χ1n) is 12.0. The fourth-order valence-electron chi connectivity index (χ4n) is 4.25. The van der Waals surface area contributed by atoms with Gasteiger partial charge in [-0.15, -0.1) is 0 Å². The molecule has 1 aliphatic heterocycles. The zero-order valence-electron chi connectivity index (χ0n) is 20.8. The highest BCUT2D eigenvalue weighted by Crippen LogP contribution is 2.25. The van der Waals surface area contributed by atoms with Gasteiger partial charge >= 0.3 is 0 Å². The lowest BCUT2D eigenvalue weighted by atomic mass is 10.1. The van der Waals surface area contributed by atoms with E-state index in [1.807, 2.05) is 38.2 Å². The Hall–Kier alpha value is -3.20. The number of carbonyl (C=O) groups is 1. The highest BCUT2D eigenvalue weighted by Gasteiger charge is 2.23. The van der Waals surface area contributed by atoms with E-state index in [-0.39, 0.29) is 23.7 Å². The fourth-order valence-corrected chi connectivity index (χ4v) is 4.25. The topological polar surface area (TPSA) is 87.9 Å². The Morgan fingerprint density at radius 2 is 1.97 bits per heavy atom. The van der Waals surface area contributed by atoms with Crippen LogP contribution in [0, 0.1) is 0 Å². The molecule has 0 spiro atoms. The molecule has 1 N–H and O–H groups in total. The van der Waals surface area contributed by atoms with Gasteiger partial charge in [-0.2, -0.15) is 14.6 Å². The Labute approximate surface area is 201 Å². The van der Waals surface area contributed by atoms with Gasteiger partial charge in [0.15, 0.2) is 5.65 Å². The van der Waals surface area contributed by atoms with Crippen molar-refractivity contribution in [3.63, 3.8) is 0 Å². The van der Waals surface area contributed by atoms with Crippen LogP contribution in [0.1, 0.15) is 67.3 Å². The molecule has 34 heavy (non-hydrogen) atoms. The van der Waals surface area contributed by atoms with E-state index in [0.29, 0.717) is 18.1 Å². The number of aromatic nitrogens is 4. The second kappa shape index (κ2) is 10.4. The molecule has 2 aromatic heterocycles. The molecule has 4 rings (SSSR count). The van der Waals surface area contributed by atoms with Gasteiger partial charge in [-0.1, -0.05) is 26.0 Å². The molecule has 182 valence electrons. The summed E-state index contributed by atoms with van der Waals surface area (Å²) >= 11 is 0. The van der Waals surface area contributed by atoms with Crippen LogP contribution < -0.4 is 10.1 Å². The third-order valence-electron chi connectivity index (χ3n) is 6.45. The van der Waals surface area contributed by atoms with E-state index in [4.69, 9.17) is 4.74 Å². The maximum absolute atomic E-state index is 13.3. The third kappa shape index (κ3) is 5.14. The maximum atomic E-state index is 13.3. The minimum Gasteiger partial charge on any atom is -0.497 e. The lowest BCUT2D eigenvalue weighted by Gasteiger charge is -2.21. The highest BCUT2D eigenvalue weighted by atomic mass is 16.5. The van der Waals surface area contributed by atoms with E-state index in [9.17, 15) is 4.79 Å². The summed E-state index contributed by atoms with van der Waals surface area (Å²) in [5, 5.41) is 7.96. The Morgan fingerprint density at radius 1 is 1.21 bits per heavy atom. The number of ether oxygens (including phenoxy) is 1. The Balaban J connectivity index is 1.63. The van der Waals surface area contributed by atoms with Gasteiger partial charge in [0.1, 0.15) is 5.75 Å². The average Bonchev–Trinajstić information content (AvgIpc) is 3.52. The van der Waals surface area contributed by atoms with E-state index < -0.39 is 0 Å². The van der Waals surface area contributed by atoms with Crippen LogP contribution in [-0.2, 0) is 0 Å². The van der Waals surface area contributed by atoms with Crippen molar-refractivity contribution in [3.05, 3.63) is 47.4 Å². The second-order valence-electron chi connectivity index (χ2n) is 9.28. The van der Waals surface area contributed by atoms with Crippen LogP contribution in [0.25, 0.3) is 5.65 Å². The molecule has 1 unspecified atom stereocenters. The summed E-state index contributed by atoms with van der Waals surface area (Å²) in [5.41, 5.74) is 2.67. The van der Waals surface area contributed by atoms with Crippen molar-refractivity contribution in [3.8, 4) is 5.75 Å². The lowest BCUT2D eigenvalue weighted by molar-refractivity contribution is 0.0770. The quantitative estimate of drug-likeness (QED) is 0.517. The van der Waals surface area contributed by atoms with Crippen molar-refractivity contribution < 1.29 is 9.53 Å². The molecule has 1 saturated heterocycles. The number of carbonyl (C=O) groups excluding carboxylic acids is 1. The molecule has 3 aromatic rings. The van der Waals surface area contributed by atoms with Gasteiger partial charge in [-0.05, 0) is 56.5 Å². The molecule has 9 heteroatoms. The first-order valence-corrected chi connectivity index (χ1v) is 12.0. The summed E-state index contributed by atoms with van der Waals surface area (Å²) in [6.45, 7) is 9.95. The van der Waals surface area contributed by atoms with Crippen LogP contribution in [0.3, 0.4) is 0 Å². The number of rotatable bonds is 9. The zero-order chi connectivity index (χ0) is 24.2. The molecule has 0 saturated carbocycles. The summed E-state index contributed by atoms with van der Waals surface area (Å²) < 4.78 is 7.05. The van der Waals surface area contributed by atoms with Gasteiger partial charge in [0, 0.05) is 25.7 Å². The lowest BCUT2D eigenvalue weighted by Crippen LogP contribution is -2.36. The Morgan fingerprint density at radius 3 is 2.68 bits per heavy atom. The summed E-state index contributed by atoms with van der Waals surface area (Å²) in [5.74, 6) is 1.49. The molecule has 0 bridgehead atoms. The number of benzene rings is 1. The smallest absolute Gasteiger partial charge is 0.291 e. The van der Waals surface area contributed by atoms with E-state index in [2.05, 4.69) is 39.1 Å². The van der Waals surface area contributed by atoms with Crippen molar-refractivity contribution in [1.82, 2.24) is 29.4 Å². The van der Waals surface area contributed by atoms with Crippen LogP contribution >= 0.6 is 0 Å². The molecular weight excluding hydrogens is 430 g/mol. The maximum Gasteiger partial charge on any atom is 0.291 e. The van der Waals surface area contributed by atoms with Crippen molar-refractivity contribution in [2.24, 2.45) is 0 Å². The molecule has 0 radical (unpaired) electrons. The van der Waals surface area contributed by atoms with Crippen LogP contribution in [-0.4, -0.2) is 75.6 Å². The molecule has 1 fully saturated rings. The number of likely N-dealkylation sites (N-methyl/N-ethyl adjacent to an activating group) is 1. The first kappa shape index (κ1) is 23.9. The molecule has 9 nitrogen and oxygen atoms in total. The number of methoxy groups -OCH3 is 1. The van der Waals surface area contributed by atoms with Crippen molar-refractivity contribution in [2.75, 3.05) is 45.7 Å². The van der Waals surface area contributed by atoms with Gasteiger partial charge in [0.25, 0.3) is 5.91 Å². The molecule has 1 aromatic carbocycles. The Bertz CT molecular complexity index is 1140.